The van der Waals surface area contributed by atoms with Gasteiger partial charge in [0.05, 0.1) is 45.5 Å². The Bertz CT molecular complexity index is 954. The van der Waals surface area contributed by atoms with E-state index < -0.39 is 0 Å². The second-order valence-electron chi connectivity index (χ2n) is 5.76. The fraction of sp³-hybridized carbons (Fsp3) is 0.211. The lowest BCUT2D eigenvalue weighted by Gasteiger charge is -2.21. The maximum atomic E-state index is 5.40. The molecule has 0 saturated heterocycles. The van der Waals surface area contributed by atoms with Gasteiger partial charge in [-0.25, -0.2) is 0 Å². The van der Waals surface area contributed by atoms with Gasteiger partial charge in [0.1, 0.15) is 5.75 Å². The predicted octanol–water partition coefficient (Wildman–Crippen LogP) is 3.20. The highest BCUT2D eigenvalue weighted by atomic mass is 32.2. The van der Waals surface area contributed by atoms with Gasteiger partial charge in [-0.2, -0.15) is 14.5 Å². The topological polar surface area (TPSA) is 68.0 Å². The first-order valence-corrected chi connectivity index (χ1v) is 9.04. The summed E-state index contributed by atoms with van der Waals surface area (Å²) in [5.41, 5.74) is 2.72. The van der Waals surface area contributed by atoms with Crippen molar-refractivity contribution in [1.29, 1.82) is 0 Å². The van der Waals surface area contributed by atoms with Gasteiger partial charge in [0.15, 0.2) is 17.3 Å². The van der Waals surface area contributed by atoms with Crippen molar-refractivity contribution in [2.45, 2.75) is 0 Å². The summed E-state index contributed by atoms with van der Waals surface area (Å²) in [6.07, 6.45) is 0. The van der Waals surface area contributed by atoms with Gasteiger partial charge >= 0.3 is 0 Å². The minimum atomic E-state index is 0.486. The number of fused-ring (bicyclic) bond motifs is 1. The second kappa shape index (κ2) is 7.32. The smallest absolute Gasteiger partial charge is 0.209 e. The van der Waals surface area contributed by atoms with Crippen molar-refractivity contribution < 1.29 is 14.2 Å². The molecule has 0 saturated carbocycles. The first-order chi connectivity index (χ1) is 13.2. The van der Waals surface area contributed by atoms with Gasteiger partial charge in [-0.3, -0.25) is 4.99 Å². The molecule has 4 rings (SSSR count). The van der Waals surface area contributed by atoms with Crippen LogP contribution in [-0.4, -0.2) is 49.6 Å². The Hall–Kier alpha value is -3.00. The molecule has 138 valence electrons. The predicted molar refractivity (Wildman–Crippen MR) is 107 cm³/mol. The van der Waals surface area contributed by atoms with Crippen LogP contribution in [-0.2, 0) is 0 Å². The Labute approximate surface area is 161 Å². The molecular weight excluding hydrogens is 364 g/mol. The number of hydrogen-bond donors (Lipinski definition) is 0. The van der Waals surface area contributed by atoms with Gasteiger partial charge in [0, 0.05) is 11.1 Å². The summed E-state index contributed by atoms with van der Waals surface area (Å²) in [6, 6.07) is 13.5. The van der Waals surface area contributed by atoms with Crippen molar-refractivity contribution >= 4 is 28.7 Å². The Morgan fingerprint density at radius 1 is 0.889 bits per heavy atom. The molecule has 27 heavy (non-hydrogen) atoms. The monoisotopic (exact) mass is 382 g/mol. The van der Waals surface area contributed by atoms with E-state index in [2.05, 4.69) is 9.39 Å². The lowest BCUT2D eigenvalue weighted by atomic mass is 10.1. The Morgan fingerprint density at radius 3 is 2.33 bits per heavy atom. The SMILES string of the molecule is COc1ccc(C2=NSC3=NCC(c4ccc(OC)c(OC)c4)=NN32)cc1. The molecule has 0 N–H and O–H groups in total. The summed E-state index contributed by atoms with van der Waals surface area (Å²) in [5, 5.41) is 7.33. The summed E-state index contributed by atoms with van der Waals surface area (Å²) in [5.74, 6) is 2.89. The zero-order valence-electron chi connectivity index (χ0n) is 15.2. The number of rotatable bonds is 5. The molecule has 0 atom stereocenters. The normalized spacial score (nSPS) is 15.5. The van der Waals surface area contributed by atoms with E-state index in [1.807, 2.05) is 42.5 Å². The van der Waals surface area contributed by atoms with Crippen molar-refractivity contribution in [1.82, 2.24) is 5.01 Å². The highest BCUT2D eigenvalue weighted by molar-refractivity contribution is 8.13. The highest BCUT2D eigenvalue weighted by Crippen LogP contribution is 2.31. The molecule has 0 radical (unpaired) electrons. The van der Waals surface area contributed by atoms with Gasteiger partial charge in [0.2, 0.25) is 5.17 Å². The van der Waals surface area contributed by atoms with E-state index in [0.717, 1.165) is 33.6 Å². The second-order valence-corrected chi connectivity index (χ2v) is 6.49. The zero-order chi connectivity index (χ0) is 18.8. The number of benzene rings is 2. The van der Waals surface area contributed by atoms with E-state index >= 15 is 0 Å². The first kappa shape index (κ1) is 17.4. The molecule has 2 heterocycles. The maximum Gasteiger partial charge on any atom is 0.209 e. The number of hydrogen-bond acceptors (Lipinski definition) is 8. The van der Waals surface area contributed by atoms with Crippen LogP contribution in [0.5, 0.6) is 17.2 Å². The van der Waals surface area contributed by atoms with Crippen LogP contribution in [0.25, 0.3) is 0 Å². The summed E-state index contributed by atoms with van der Waals surface area (Å²) < 4.78 is 20.5. The van der Waals surface area contributed by atoms with Crippen molar-refractivity contribution in [3.05, 3.63) is 53.6 Å². The lowest BCUT2D eigenvalue weighted by Crippen LogP contribution is -2.32. The molecule has 0 bridgehead atoms. The molecule has 0 aliphatic carbocycles. The van der Waals surface area contributed by atoms with Gasteiger partial charge in [-0.1, -0.05) is 0 Å². The zero-order valence-corrected chi connectivity index (χ0v) is 16.0. The number of nitrogens with zero attached hydrogens (tertiary/aromatic N) is 4. The van der Waals surface area contributed by atoms with Crippen molar-refractivity contribution in [3.63, 3.8) is 0 Å². The third kappa shape index (κ3) is 3.23. The summed E-state index contributed by atoms with van der Waals surface area (Å²) >= 11 is 1.33. The minimum Gasteiger partial charge on any atom is -0.497 e. The standard InChI is InChI=1S/C19H18N4O3S/c1-24-14-7-4-12(5-8-14)18-22-27-19-20-11-15(21-23(18)19)13-6-9-16(25-2)17(10-13)26-3/h4-10H,11H2,1-3H3. The van der Waals surface area contributed by atoms with Crippen LogP contribution in [0, 0.1) is 0 Å². The van der Waals surface area contributed by atoms with Crippen LogP contribution in [0.4, 0.5) is 0 Å². The fourth-order valence-electron chi connectivity index (χ4n) is 2.81. The molecule has 2 aromatic carbocycles. The molecule has 2 aromatic rings. The maximum absolute atomic E-state index is 5.40. The number of methoxy groups -OCH3 is 3. The molecule has 2 aliphatic heterocycles. The molecule has 0 amide bonds. The minimum absolute atomic E-state index is 0.486. The lowest BCUT2D eigenvalue weighted by molar-refractivity contribution is 0.355. The van der Waals surface area contributed by atoms with E-state index in [1.54, 1.807) is 26.3 Å². The van der Waals surface area contributed by atoms with Crippen LogP contribution in [0.15, 0.2) is 57.0 Å². The largest absolute Gasteiger partial charge is 0.497 e. The van der Waals surface area contributed by atoms with Gasteiger partial charge in [-0.05, 0) is 42.5 Å². The van der Waals surface area contributed by atoms with E-state index in [0.29, 0.717) is 18.0 Å². The average Bonchev–Trinajstić information content (AvgIpc) is 3.16. The van der Waals surface area contributed by atoms with E-state index in [-0.39, 0.29) is 0 Å². The van der Waals surface area contributed by atoms with E-state index in [4.69, 9.17) is 19.3 Å². The number of ether oxygens (including phenoxy) is 3. The van der Waals surface area contributed by atoms with E-state index in [9.17, 15) is 0 Å². The molecule has 2 aliphatic rings. The highest BCUT2D eigenvalue weighted by Gasteiger charge is 2.30. The van der Waals surface area contributed by atoms with Crippen LogP contribution in [0.2, 0.25) is 0 Å². The van der Waals surface area contributed by atoms with E-state index in [1.165, 1.54) is 11.9 Å². The van der Waals surface area contributed by atoms with Gasteiger partial charge in [0.25, 0.3) is 0 Å². The quantitative estimate of drug-likeness (QED) is 0.743. The molecule has 0 fully saturated rings. The third-order valence-electron chi connectivity index (χ3n) is 4.25. The Kier molecular flexibility index (Phi) is 4.72. The third-order valence-corrected chi connectivity index (χ3v) is 4.97. The van der Waals surface area contributed by atoms with Crippen LogP contribution in [0.3, 0.4) is 0 Å². The molecule has 0 spiro atoms. The van der Waals surface area contributed by atoms with Crippen LogP contribution >= 0.6 is 11.9 Å². The summed E-state index contributed by atoms with van der Waals surface area (Å²) in [6.45, 7) is 0.486. The van der Waals surface area contributed by atoms with Crippen LogP contribution < -0.4 is 14.2 Å². The van der Waals surface area contributed by atoms with Gasteiger partial charge < -0.3 is 14.2 Å². The molecule has 8 heteroatoms. The molecular formula is C19H18N4O3S. The number of hydrazone groups is 1. The fourth-order valence-corrected chi connectivity index (χ4v) is 3.49. The summed E-state index contributed by atoms with van der Waals surface area (Å²) in [4.78, 5) is 4.62. The number of aliphatic imine (C=N–C) groups is 1. The van der Waals surface area contributed by atoms with Gasteiger partial charge in [-0.15, -0.1) is 0 Å². The first-order valence-electron chi connectivity index (χ1n) is 8.27. The van der Waals surface area contributed by atoms with Crippen molar-refractivity contribution in [2.24, 2.45) is 14.5 Å². The Morgan fingerprint density at radius 2 is 1.63 bits per heavy atom. The molecule has 0 aromatic heterocycles. The summed E-state index contributed by atoms with van der Waals surface area (Å²) in [7, 11) is 4.88. The Balaban J connectivity index is 1.65. The average molecular weight is 382 g/mol. The van der Waals surface area contributed by atoms with Crippen molar-refractivity contribution in [2.75, 3.05) is 27.9 Å². The molecule has 7 nitrogen and oxygen atoms in total. The van der Waals surface area contributed by atoms with Crippen LogP contribution in [0.1, 0.15) is 11.1 Å². The van der Waals surface area contributed by atoms with Crippen molar-refractivity contribution in [3.8, 4) is 17.2 Å². The number of amidine groups is 2. The molecule has 0 unspecified atom stereocenters.